The molecule has 1 aromatic carbocycles. The van der Waals surface area contributed by atoms with Crippen molar-refractivity contribution in [1.29, 1.82) is 5.53 Å². The molecule has 4 heteroatoms. The molecule has 0 heterocycles. The zero-order valence-electron chi connectivity index (χ0n) is 6.74. The molecule has 0 aliphatic carbocycles. The van der Waals surface area contributed by atoms with Crippen molar-refractivity contribution in [3.63, 3.8) is 0 Å². The van der Waals surface area contributed by atoms with E-state index in [4.69, 9.17) is 10.3 Å². The van der Waals surface area contributed by atoms with Crippen LogP contribution in [0.15, 0.2) is 23.3 Å². The molecule has 12 heavy (non-hydrogen) atoms. The van der Waals surface area contributed by atoms with Gasteiger partial charge in [-0.3, -0.25) is 0 Å². The lowest BCUT2D eigenvalue weighted by atomic mass is 10.2. The first-order valence-corrected chi connectivity index (χ1v) is 3.47. The minimum Gasteiger partial charge on any atom is -0.504 e. The molecule has 0 bridgehead atoms. The Morgan fingerprint density at radius 1 is 1.58 bits per heavy atom. The van der Waals surface area contributed by atoms with Gasteiger partial charge in [0.15, 0.2) is 11.5 Å². The molecule has 2 N–H and O–H groups in total. The van der Waals surface area contributed by atoms with Gasteiger partial charge in [-0.1, -0.05) is 6.07 Å². The second-order valence-corrected chi connectivity index (χ2v) is 2.32. The van der Waals surface area contributed by atoms with Gasteiger partial charge in [0.1, 0.15) is 0 Å². The van der Waals surface area contributed by atoms with Crippen LogP contribution in [0.3, 0.4) is 0 Å². The summed E-state index contributed by atoms with van der Waals surface area (Å²) in [6, 6.07) is 4.89. The van der Waals surface area contributed by atoms with Gasteiger partial charge in [-0.25, -0.2) is 5.53 Å². The van der Waals surface area contributed by atoms with Crippen LogP contribution in [0.25, 0.3) is 0 Å². The van der Waals surface area contributed by atoms with Crippen molar-refractivity contribution in [2.45, 2.75) is 6.54 Å². The number of rotatable bonds is 3. The maximum atomic E-state index is 9.20. The molecule has 4 nitrogen and oxygen atoms in total. The average Bonchev–Trinajstić information content (AvgIpc) is 2.09. The second kappa shape index (κ2) is 3.71. The summed E-state index contributed by atoms with van der Waals surface area (Å²) < 4.78 is 4.88. The highest BCUT2D eigenvalue weighted by molar-refractivity contribution is 5.41. The first-order chi connectivity index (χ1) is 5.77. The third kappa shape index (κ3) is 1.72. The standard InChI is InChI=1S/C8H10N2O2/c1-12-8-4-6(5-10-9)2-3-7(8)11/h2-4,9,11H,5H2,1H3. The Balaban J connectivity index is 2.96. The smallest absolute Gasteiger partial charge is 0.160 e. The van der Waals surface area contributed by atoms with Gasteiger partial charge in [-0.2, -0.15) is 5.11 Å². The van der Waals surface area contributed by atoms with Gasteiger partial charge in [0.05, 0.1) is 13.7 Å². The SMILES string of the molecule is COc1cc(CN=N)ccc1O. The number of phenolic OH excluding ortho intramolecular Hbond substituents is 1. The third-order valence-electron chi connectivity index (χ3n) is 1.51. The van der Waals surface area contributed by atoms with E-state index in [1.165, 1.54) is 13.2 Å². The minimum absolute atomic E-state index is 0.103. The Morgan fingerprint density at radius 2 is 2.33 bits per heavy atom. The lowest BCUT2D eigenvalue weighted by Crippen LogP contribution is -1.86. The summed E-state index contributed by atoms with van der Waals surface area (Å²) in [7, 11) is 1.48. The van der Waals surface area contributed by atoms with E-state index < -0.39 is 0 Å². The fourth-order valence-electron chi connectivity index (χ4n) is 0.912. The molecule has 0 fully saturated rings. The molecular weight excluding hydrogens is 156 g/mol. The summed E-state index contributed by atoms with van der Waals surface area (Å²) >= 11 is 0. The molecule has 0 saturated carbocycles. The van der Waals surface area contributed by atoms with Gasteiger partial charge in [-0.15, -0.1) is 0 Å². The molecule has 0 radical (unpaired) electrons. The van der Waals surface area contributed by atoms with Crippen LogP contribution < -0.4 is 4.74 Å². The number of phenols is 1. The number of hydrogen-bond donors (Lipinski definition) is 2. The van der Waals surface area contributed by atoms with Crippen LogP contribution in [0.2, 0.25) is 0 Å². The molecule has 0 amide bonds. The Hall–Kier alpha value is -1.58. The number of nitrogens with one attached hydrogen (secondary N) is 1. The first kappa shape index (κ1) is 8.52. The molecule has 0 aromatic heterocycles. The number of benzene rings is 1. The van der Waals surface area contributed by atoms with Crippen molar-refractivity contribution in [2.24, 2.45) is 5.11 Å². The van der Waals surface area contributed by atoms with E-state index in [0.717, 1.165) is 5.56 Å². The normalized spacial score (nSPS) is 9.42. The topological polar surface area (TPSA) is 65.7 Å². The largest absolute Gasteiger partial charge is 0.504 e. The van der Waals surface area contributed by atoms with Crippen molar-refractivity contribution in [2.75, 3.05) is 7.11 Å². The van der Waals surface area contributed by atoms with Crippen LogP contribution in [0.5, 0.6) is 11.5 Å². The van der Waals surface area contributed by atoms with Crippen molar-refractivity contribution < 1.29 is 9.84 Å². The number of methoxy groups -OCH3 is 1. The van der Waals surface area contributed by atoms with Crippen LogP contribution in [0, 0.1) is 5.53 Å². The molecular formula is C8H10N2O2. The van der Waals surface area contributed by atoms with Gasteiger partial charge in [0.25, 0.3) is 0 Å². The Morgan fingerprint density at radius 3 is 2.92 bits per heavy atom. The van der Waals surface area contributed by atoms with E-state index in [0.29, 0.717) is 12.3 Å². The van der Waals surface area contributed by atoms with E-state index >= 15 is 0 Å². The maximum absolute atomic E-state index is 9.20. The Bertz CT molecular complexity index is 286. The van der Waals surface area contributed by atoms with E-state index in [-0.39, 0.29) is 5.75 Å². The van der Waals surface area contributed by atoms with Gasteiger partial charge in [0.2, 0.25) is 0 Å². The molecule has 64 valence electrons. The number of ether oxygens (including phenoxy) is 1. The molecule has 0 aliphatic rings. The van der Waals surface area contributed by atoms with Crippen LogP contribution >= 0.6 is 0 Å². The lowest BCUT2D eigenvalue weighted by molar-refractivity contribution is 0.373. The van der Waals surface area contributed by atoms with Crippen molar-refractivity contribution >= 4 is 0 Å². The summed E-state index contributed by atoms with van der Waals surface area (Å²) in [4.78, 5) is 0. The highest BCUT2D eigenvalue weighted by Gasteiger charge is 2.01. The molecule has 1 rings (SSSR count). The van der Waals surface area contributed by atoms with Crippen molar-refractivity contribution in [3.8, 4) is 11.5 Å². The van der Waals surface area contributed by atoms with E-state index in [1.54, 1.807) is 12.1 Å². The molecule has 0 saturated heterocycles. The first-order valence-electron chi connectivity index (χ1n) is 3.47. The summed E-state index contributed by atoms with van der Waals surface area (Å²) in [6.07, 6.45) is 0. The molecule has 1 aromatic rings. The van der Waals surface area contributed by atoms with Gasteiger partial charge >= 0.3 is 0 Å². The van der Waals surface area contributed by atoms with E-state index in [9.17, 15) is 5.11 Å². The predicted molar refractivity (Wildman–Crippen MR) is 43.5 cm³/mol. The highest BCUT2D eigenvalue weighted by atomic mass is 16.5. The highest BCUT2D eigenvalue weighted by Crippen LogP contribution is 2.26. The second-order valence-electron chi connectivity index (χ2n) is 2.32. The van der Waals surface area contributed by atoms with E-state index in [1.807, 2.05) is 0 Å². The molecule has 0 spiro atoms. The summed E-state index contributed by atoms with van der Waals surface area (Å²) in [5, 5.41) is 12.4. The number of aromatic hydroxyl groups is 1. The number of hydrogen-bond acceptors (Lipinski definition) is 4. The van der Waals surface area contributed by atoms with Crippen molar-refractivity contribution in [3.05, 3.63) is 23.8 Å². The lowest BCUT2D eigenvalue weighted by Gasteiger charge is -2.03. The summed E-state index contributed by atoms with van der Waals surface area (Å²) in [5.74, 6) is 0.516. The Kier molecular flexibility index (Phi) is 2.63. The van der Waals surface area contributed by atoms with Crippen LogP contribution in [0.1, 0.15) is 5.56 Å². The fourth-order valence-corrected chi connectivity index (χ4v) is 0.912. The maximum Gasteiger partial charge on any atom is 0.160 e. The third-order valence-corrected chi connectivity index (χ3v) is 1.51. The van der Waals surface area contributed by atoms with E-state index in [2.05, 4.69) is 5.11 Å². The minimum atomic E-state index is 0.103. The van der Waals surface area contributed by atoms with Crippen LogP contribution in [-0.2, 0) is 6.54 Å². The van der Waals surface area contributed by atoms with Gasteiger partial charge < -0.3 is 9.84 Å². The summed E-state index contributed by atoms with van der Waals surface area (Å²) in [6.45, 7) is 0.316. The molecule has 0 aliphatic heterocycles. The fraction of sp³-hybridized carbons (Fsp3) is 0.250. The number of nitrogens with zero attached hydrogens (tertiary/aromatic N) is 1. The molecule has 0 unspecified atom stereocenters. The predicted octanol–water partition coefficient (Wildman–Crippen LogP) is 1.93. The molecule has 0 atom stereocenters. The zero-order chi connectivity index (χ0) is 8.97. The Labute approximate surface area is 70.3 Å². The van der Waals surface area contributed by atoms with Gasteiger partial charge in [0, 0.05) is 0 Å². The zero-order valence-corrected chi connectivity index (χ0v) is 6.74. The van der Waals surface area contributed by atoms with Crippen LogP contribution in [0.4, 0.5) is 0 Å². The monoisotopic (exact) mass is 166 g/mol. The summed E-state index contributed by atoms with van der Waals surface area (Å²) in [5.41, 5.74) is 7.49. The van der Waals surface area contributed by atoms with Crippen molar-refractivity contribution in [1.82, 2.24) is 0 Å². The quantitative estimate of drug-likeness (QED) is 0.674. The van der Waals surface area contributed by atoms with Gasteiger partial charge in [-0.05, 0) is 17.7 Å². The average molecular weight is 166 g/mol. The van der Waals surface area contributed by atoms with Crippen LogP contribution in [-0.4, -0.2) is 12.2 Å².